The van der Waals surface area contributed by atoms with E-state index in [-0.39, 0.29) is 4.90 Å². The van der Waals surface area contributed by atoms with E-state index in [1.54, 1.807) is 42.6 Å². The third-order valence-corrected chi connectivity index (χ3v) is 4.98. The van der Waals surface area contributed by atoms with Gasteiger partial charge < -0.3 is 10.2 Å². The van der Waals surface area contributed by atoms with Gasteiger partial charge in [0.15, 0.2) is 0 Å². The Bertz CT molecular complexity index is 821. The van der Waals surface area contributed by atoms with Crippen LogP contribution in [0.4, 0.5) is 5.69 Å². The summed E-state index contributed by atoms with van der Waals surface area (Å²) in [4.78, 5) is 0.217. The molecule has 0 fully saturated rings. The van der Waals surface area contributed by atoms with Gasteiger partial charge in [0.1, 0.15) is 5.75 Å². The first-order valence-corrected chi connectivity index (χ1v) is 10.0. The fourth-order valence-electron chi connectivity index (χ4n) is 2.28. The van der Waals surface area contributed by atoms with Crippen molar-refractivity contribution in [3.8, 4) is 5.75 Å². The van der Waals surface area contributed by atoms with E-state index in [1.807, 2.05) is 26.0 Å². The maximum absolute atomic E-state index is 12.5. The molecular formula is C19H25N3O3S. The number of hydrogen-bond acceptors (Lipinski definition) is 5. The first-order valence-electron chi connectivity index (χ1n) is 8.55. The van der Waals surface area contributed by atoms with E-state index < -0.39 is 10.0 Å². The van der Waals surface area contributed by atoms with Crippen LogP contribution in [0.1, 0.15) is 25.3 Å². The molecule has 6 nitrogen and oxygen atoms in total. The van der Waals surface area contributed by atoms with Crippen LogP contribution in [0.25, 0.3) is 0 Å². The second-order valence-electron chi connectivity index (χ2n) is 5.77. The lowest BCUT2D eigenvalue weighted by Crippen LogP contribution is -2.14. The lowest BCUT2D eigenvalue weighted by molar-refractivity contribution is 0.307. The molecule has 0 saturated carbocycles. The molecule has 0 aliphatic rings. The smallest absolute Gasteiger partial charge is 0.262 e. The summed E-state index contributed by atoms with van der Waals surface area (Å²) in [6.45, 7) is 5.07. The number of aryl methyl sites for hydroxylation is 1. The van der Waals surface area contributed by atoms with Gasteiger partial charge in [-0.05, 0) is 56.5 Å². The Morgan fingerprint density at radius 3 is 2.62 bits per heavy atom. The van der Waals surface area contributed by atoms with Crippen LogP contribution in [0.5, 0.6) is 5.75 Å². The third kappa shape index (κ3) is 6.07. The summed E-state index contributed by atoms with van der Waals surface area (Å²) in [6, 6.07) is 13.7. The zero-order chi connectivity index (χ0) is 18.8. The Hall–Kier alpha value is -2.54. The van der Waals surface area contributed by atoms with Gasteiger partial charge in [0.05, 0.1) is 17.2 Å². The van der Waals surface area contributed by atoms with Gasteiger partial charge in [0.2, 0.25) is 0 Å². The SMILES string of the molecule is C/C=N/NCCCCOc1cc(C)ccc1NS(=O)(=O)c1ccccc1. The van der Waals surface area contributed by atoms with E-state index >= 15 is 0 Å². The number of benzene rings is 2. The lowest BCUT2D eigenvalue weighted by atomic mass is 10.2. The van der Waals surface area contributed by atoms with E-state index in [0.717, 1.165) is 24.9 Å². The topological polar surface area (TPSA) is 79.8 Å². The highest BCUT2D eigenvalue weighted by atomic mass is 32.2. The molecule has 0 bridgehead atoms. The first-order chi connectivity index (χ1) is 12.5. The normalized spacial score (nSPS) is 11.5. The fraction of sp³-hybridized carbons (Fsp3) is 0.316. The molecule has 0 spiro atoms. The fourth-order valence-corrected chi connectivity index (χ4v) is 3.37. The van der Waals surface area contributed by atoms with Crippen LogP contribution in [0.15, 0.2) is 58.5 Å². The minimum atomic E-state index is -3.65. The molecule has 2 rings (SSSR count). The van der Waals surface area contributed by atoms with Crippen LogP contribution in [-0.4, -0.2) is 27.8 Å². The number of nitrogens with one attached hydrogen (secondary N) is 2. The van der Waals surface area contributed by atoms with Crippen LogP contribution in [0.2, 0.25) is 0 Å². The van der Waals surface area contributed by atoms with Crippen molar-refractivity contribution >= 4 is 21.9 Å². The Morgan fingerprint density at radius 1 is 1.12 bits per heavy atom. The first kappa shape index (κ1) is 19.8. The quantitative estimate of drug-likeness (QED) is 0.378. The summed E-state index contributed by atoms with van der Waals surface area (Å²) in [6.07, 6.45) is 3.45. The van der Waals surface area contributed by atoms with Gasteiger partial charge in [0, 0.05) is 12.8 Å². The van der Waals surface area contributed by atoms with Gasteiger partial charge in [-0.25, -0.2) is 8.42 Å². The molecule has 0 heterocycles. The Balaban J connectivity index is 2.01. The van der Waals surface area contributed by atoms with E-state index in [9.17, 15) is 8.42 Å². The standard InChI is InChI=1S/C19H25N3O3S/c1-3-20-21-13-7-8-14-25-19-15-16(2)11-12-18(19)22-26(23,24)17-9-5-4-6-10-17/h3-6,9-12,15,21-22H,7-8,13-14H2,1-2H3/b20-3+. The third-order valence-electron chi connectivity index (χ3n) is 3.60. The summed E-state index contributed by atoms with van der Waals surface area (Å²) in [5.74, 6) is 0.532. The van der Waals surface area contributed by atoms with Gasteiger partial charge in [-0.1, -0.05) is 24.3 Å². The van der Waals surface area contributed by atoms with E-state index in [4.69, 9.17) is 4.74 Å². The van der Waals surface area contributed by atoms with Crippen molar-refractivity contribution in [1.29, 1.82) is 0 Å². The molecule has 0 aliphatic heterocycles. The highest BCUT2D eigenvalue weighted by molar-refractivity contribution is 7.92. The number of unbranched alkanes of at least 4 members (excludes halogenated alkanes) is 1. The predicted octanol–water partition coefficient (Wildman–Crippen LogP) is 3.55. The van der Waals surface area contributed by atoms with Crippen molar-refractivity contribution in [3.05, 3.63) is 54.1 Å². The molecule has 0 amide bonds. The lowest BCUT2D eigenvalue weighted by Gasteiger charge is -2.14. The molecule has 26 heavy (non-hydrogen) atoms. The summed E-state index contributed by atoms with van der Waals surface area (Å²) in [7, 11) is -3.65. The van der Waals surface area contributed by atoms with Gasteiger partial charge in [-0.3, -0.25) is 4.72 Å². The highest BCUT2D eigenvalue weighted by Crippen LogP contribution is 2.28. The zero-order valence-corrected chi connectivity index (χ0v) is 15.9. The molecule has 0 aliphatic carbocycles. The minimum absolute atomic E-state index is 0.217. The highest BCUT2D eigenvalue weighted by Gasteiger charge is 2.16. The number of hydrazone groups is 1. The van der Waals surface area contributed by atoms with Crippen molar-refractivity contribution in [2.75, 3.05) is 17.9 Å². The number of sulfonamides is 1. The monoisotopic (exact) mass is 375 g/mol. The molecular weight excluding hydrogens is 350 g/mol. The Morgan fingerprint density at radius 2 is 1.88 bits per heavy atom. The van der Waals surface area contributed by atoms with Crippen molar-refractivity contribution in [1.82, 2.24) is 5.43 Å². The van der Waals surface area contributed by atoms with Crippen molar-refractivity contribution in [2.24, 2.45) is 5.10 Å². The van der Waals surface area contributed by atoms with Crippen molar-refractivity contribution in [3.63, 3.8) is 0 Å². The number of nitrogens with zero attached hydrogens (tertiary/aromatic N) is 1. The average Bonchev–Trinajstić information content (AvgIpc) is 2.63. The molecule has 0 atom stereocenters. The summed E-state index contributed by atoms with van der Waals surface area (Å²) >= 11 is 0. The van der Waals surface area contributed by atoms with Crippen LogP contribution in [-0.2, 0) is 10.0 Å². The summed E-state index contributed by atoms with van der Waals surface area (Å²) < 4.78 is 33.5. The number of rotatable bonds is 10. The van der Waals surface area contributed by atoms with E-state index in [1.165, 1.54) is 0 Å². The predicted molar refractivity (Wildman–Crippen MR) is 105 cm³/mol. The van der Waals surface area contributed by atoms with Crippen LogP contribution >= 0.6 is 0 Å². The molecule has 0 unspecified atom stereocenters. The second kappa shape index (κ2) is 9.82. The van der Waals surface area contributed by atoms with Crippen molar-refractivity contribution < 1.29 is 13.2 Å². The largest absolute Gasteiger partial charge is 0.491 e. The van der Waals surface area contributed by atoms with Crippen molar-refractivity contribution in [2.45, 2.75) is 31.6 Å². The zero-order valence-electron chi connectivity index (χ0n) is 15.1. The molecule has 2 N–H and O–H groups in total. The minimum Gasteiger partial charge on any atom is -0.491 e. The summed E-state index contributed by atoms with van der Waals surface area (Å²) in [5.41, 5.74) is 4.37. The molecule has 7 heteroatoms. The molecule has 0 saturated heterocycles. The maximum Gasteiger partial charge on any atom is 0.262 e. The van der Waals surface area contributed by atoms with Gasteiger partial charge in [-0.15, -0.1) is 0 Å². The van der Waals surface area contributed by atoms with Gasteiger partial charge in [0.25, 0.3) is 10.0 Å². The summed E-state index contributed by atoms with van der Waals surface area (Å²) in [5, 5.41) is 3.93. The molecule has 0 radical (unpaired) electrons. The molecule has 140 valence electrons. The molecule has 2 aromatic carbocycles. The molecule has 2 aromatic rings. The van der Waals surface area contributed by atoms with E-state index in [0.29, 0.717) is 18.0 Å². The maximum atomic E-state index is 12.5. The van der Waals surface area contributed by atoms with E-state index in [2.05, 4.69) is 15.2 Å². The average molecular weight is 375 g/mol. The second-order valence-corrected chi connectivity index (χ2v) is 7.45. The Kier molecular flexibility index (Phi) is 7.47. The number of anilines is 1. The van der Waals surface area contributed by atoms with Gasteiger partial charge in [-0.2, -0.15) is 5.10 Å². The Labute approximate surface area is 155 Å². The van der Waals surface area contributed by atoms with Gasteiger partial charge >= 0.3 is 0 Å². The van der Waals surface area contributed by atoms with Crippen LogP contribution in [0.3, 0.4) is 0 Å². The van der Waals surface area contributed by atoms with Crippen LogP contribution < -0.4 is 14.9 Å². The number of hydrogen-bond donors (Lipinski definition) is 2. The number of ether oxygens (including phenoxy) is 1. The molecule has 0 aromatic heterocycles. The van der Waals surface area contributed by atoms with Crippen LogP contribution in [0, 0.1) is 6.92 Å².